The van der Waals surface area contributed by atoms with E-state index in [-0.39, 0.29) is 13.0 Å². The molecule has 29 heavy (non-hydrogen) atoms. The maximum absolute atomic E-state index is 12.1. The van der Waals surface area contributed by atoms with Crippen molar-refractivity contribution in [3.05, 3.63) is 102 Å². The molecule has 1 unspecified atom stereocenters. The highest BCUT2D eigenvalue weighted by atomic mass is 16.5. The lowest BCUT2D eigenvalue weighted by molar-refractivity contribution is -0.143. The summed E-state index contributed by atoms with van der Waals surface area (Å²) >= 11 is 0. The fraction of sp³-hybridized carbons (Fsp3) is 0.167. The Kier molecular flexibility index (Phi) is 5.29. The van der Waals surface area contributed by atoms with Gasteiger partial charge in [-0.15, -0.1) is 0 Å². The molecule has 0 amide bonds. The van der Waals surface area contributed by atoms with Gasteiger partial charge in [0.05, 0.1) is 5.56 Å². The molecule has 3 aromatic rings. The minimum atomic E-state index is -1.34. The Bertz CT molecular complexity index is 1020. The summed E-state index contributed by atoms with van der Waals surface area (Å²) in [6, 6.07) is 26.7. The third-order valence-corrected chi connectivity index (χ3v) is 4.86. The Morgan fingerprint density at radius 3 is 2.24 bits per heavy atom. The molecule has 1 heterocycles. The van der Waals surface area contributed by atoms with E-state index in [2.05, 4.69) is 4.99 Å². The fourth-order valence-electron chi connectivity index (χ4n) is 3.30. The standard InChI is InChI=1S/C24H21NO4/c26-23(27)24(15-18-9-3-1-4-10-18)17-29-22(25-24)20-13-7-8-14-21(20)28-16-19-11-5-2-6-12-19/h1-14H,15-17H2,(H,26,27). The van der Waals surface area contributed by atoms with E-state index >= 15 is 0 Å². The summed E-state index contributed by atoms with van der Waals surface area (Å²) in [5, 5.41) is 9.89. The number of ether oxygens (including phenoxy) is 2. The van der Waals surface area contributed by atoms with Crippen LogP contribution >= 0.6 is 0 Å². The average Bonchev–Trinajstić information content (AvgIpc) is 3.19. The first-order chi connectivity index (χ1) is 14.2. The number of nitrogens with zero attached hydrogens (tertiary/aromatic N) is 1. The number of para-hydroxylation sites is 1. The van der Waals surface area contributed by atoms with Gasteiger partial charge in [-0.05, 0) is 23.3 Å². The Morgan fingerprint density at radius 1 is 0.931 bits per heavy atom. The number of rotatable bonds is 7. The van der Waals surface area contributed by atoms with Crippen LogP contribution < -0.4 is 4.74 Å². The molecule has 0 spiro atoms. The lowest BCUT2D eigenvalue weighted by Gasteiger charge is -2.18. The first-order valence-electron chi connectivity index (χ1n) is 9.42. The smallest absolute Gasteiger partial charge is 0.335 e. The van der Waals surface area contributed by atoms with Gasteiger partial charge in [-0.1, -0.05) is 72.8 Å². The zero-order chi connectivity index (χ0) is 20.1. The van der Waals surface area contributed by atoms with Gasteiger partial charge in [0.2, 0.25) is 5.90 Å². The van der Waals surface area contributed by atoms with E-state index in [1.807, 2.05) is 84.9 Å². The molecule has 0 aliphatic carbocycles. The van der Waals surface area contributed by atoms with Crippen LogP contribution in [0.25, 0.3) is 0 Å². The van der Waals surface area contributed by atoms with E-state index in [4.69, 9.17) is 9.47 Å². The maximum Gasteiger partial charge on any atom is 0.335 e. The minimum absolute atomic E-state index is 0.0143. The van der Waals surface area contributed by atoms with Crippen LogP contribution in [0, 0.1) is 0 Å². The molecule has 4 rings (SSSR count). The first kappa shape index (κ1) is 18.7. The predicted octanol–water partition coefficient (Wildman–Crippen LogP) is 4.11. The van der Waals surface area contributed by atoms with Crippen LogP contribution in [0.1, 0.15) is 16.7 Å². The average molecular weight is 387 g/mol. The lowest BCUT2D eigenvalue weighted by Crippen LogP contribution is -2.40. The van der Waals surface area contributed by atoms with Gasteiger partial charge >= 0.3 is 5.97 Å². The molecule has 1 aliphatic heterocycles. The predicted molar refractivity (Wildman–Crippen MR) is 110 cm³/mol. The molecule has 0 saturated heterocycles. The molecule has 1 atom stereocenters. The van der Waals surface area contributed by atoms with Gasteiger partial charge in [-0.2, -0.15) is 0 Å². The van der Waals surface area contributed by atoms with Crippen molar-refractivity contribution in [3.63, 3.8) is 0 Å². The van der Waals surface area contributed by atoms with Crippen molar-refractivity contribution in [1.29, 1.82) is 0 Å². The SMILES string of the molecule is O=C(O)C1(Cc2ccccc2)COC(c2ccccc2OCc2ccccc2)=N1. The monoisotopic (exact) mass is 387 g/mol. The molecule has 0 aromatic heterocycles. The summed E-state index contributed by atoms with van der Waals surface area (Å²) < 4.78 is 11.7. The fourth-order valence-corrected chi connectivity index (χ4v) is 3.30. The van der Waals surface area contributed by atoms with E-state index in [1.54, 1.807) is 0 Å². The summed E-state index contributed by atoms with van der Waals surface area (Å²) in [5.74, 6) is -0.0953. The van der Waals surface area contributed by atoms with Crippen molar-refractivity contribution in [2.24, 2.45) is 4.99 Å². The normalized spacial score (nSPS) is 18.0. The van der Waals surface area contributed by atoms with E-state index in [0.717, 1.165) is 11.1 Å². The highest BCUT2D eigenvalue weighted by Gasteiger charge is 2.45. The van der Waals surface area contributed by atoms with Gasteiger partial charge in [-0.25, -0.2) is 9.79 Å². The molecular weight excluding hydrogens is 366 g/mol. The van der Waals surface area contributed by atoms with E-state index < -0.39 is 11.5 Å². The van der Waals surface area contributed by atoms with Crippen molar-refractivity contribution in [2.45, 2.75) is 18.6 Å². The van der Waals surface area contributed by atoms with Crippen molar-refractivity contribution in [3.8, 4) is 5.75 Å². The Hall–Kier alpha value is -3.60. The van der Waals surface area contributed by atoms with Gasteiger partial charge in [0, 0.05) is 6.42 Å². The number of aliphatic imine (C=N–C) groups is 1. The zero-order valence-electron chi connectivity index (χ0n) is 15.8. The number of hydrogen-bond acceptors (Lipinski definition) is 4. The van der Waals surface area contributed by atoms with Gasteiger partial charge in [0.1, 0.15) is 19.0 Å². The lowest BCUT2D eigenvalue weighted by atomic mass is 9.93. The quantitative estimate of drug-likeness (QED) is 0.663. The van der Waals surface area contributed by atoms with Crippen LogP contribution in [0.2, 0.25) is 0 Å². The van der Waals surface area contributed by atoms with Crippen LogP contribution in [0.15, 0.2) is 89.9 Å². The molecule has 1 N–H and O–H groups in total. The summed E-state index contributed by atoms with van der Waals surface area (Å²) in [6.07, 6.45) is 0.264. The summed E-state index contributed by atoms with van der Waals surface area (Å²) in [5.41, 5.74) is 1.25. The summed E-state index contributed by atoms with van der Waals surface area (Å²) in [7, 11) is 0. The van der Waals surface area contributed by atoms with Gasteiger partial charge in [0.25, 0.3) is 0 Å². The van der Waals surface area contributed by atoms with E-state index in [1.165, 1.54) is 0 Å². The molecule has 0 fully saturated rings. The topological polar surface area (TPSA) is 68.1 Å². The highest BCUT2D eigenvalue weighted by Crippen LogP contribution is 2.30. The minimum Gasteiger partial charge on any atom is -0.488 e. The first-order valence-corrected chi connectivity index (χ1v) is 9.42. The van der Waals surface area contributed by atoms with Gasteiger partial charge < -0.3 is 14.6 Å². The number of carboxylic acid groups (broad SMARTS) is 1. The van der Waals surface area contributed by atoms with Crippen molar-refractivity contribution >= 4 is 11.9 Å². The number of benzene rings is 3. The van der Waals surface area contributed by atoms with Crippen molar-refractivity contribution < 1.29 is 19.4 Å². The number of aliphatic carboxylic acids is 1. The van der Waals surface area contributed by atoms with Crippen molar-refractivity contribution in [1.82, 2.24) is 0 Å². The molecule has 1 aliphatic rings. The van der Waals surface area contributed by atoms with Crippen LogP contribution in [-0.4, -0.2) is 29.1 Å². The second-order valence-electron chi connectivity index (χ2n) is 6.98. The number of carbonyl (C=O) groups is 1. The molecule has 146 valence electrons. The van der Waals surface area contributed by atoms with Crippen LogP contribution in [-0.2, 0) is 22.6 Å². The molecule has 0 bridgehead atoms. The molecule has 3 aromatic carbocycles. The highest BCUT2D eigenvalue weighted by molar-refractivity contribution is 6.00. The molecule has 0 radical (unpaired) electrons. The van der Waals surface area contributed by atoms with E-state index in [9.17, 15) is 9.90 Å². The third kappa shape index (κ3) is 4.14. The van der Waals surface area contributed by atoms with Crippen molar-refractivity contribution in [2.75, 3.05) is 6.61 Å². The largest absolute Gasteiger partial charge is 0.488 e. The summed E-state index contributed by atoms with van der Waals surface area (Å²) in [6.45, 7) is 0.388. The van der Waals surface area contributed by atoms with E-state index in [0.29, 0.717) is 23.8 Å². The zero-order valence-corrected chi connectivity index (χ0v) is 15.8. The van der Waals surface area contributed by atoms with Crippen LogP contribution in [0.4, 0.5) is 0 Å². The Labute approximate surface area is 169 Å². The molecule has 5 heteroatoms. The van der Waals surface area contributed by atoms with Crippen LogP contribution in [0.3, 0.4) is 0 Å². The number of carboxylic acids is 1. The summed E-state index contributed by atoms with van der Waals surface area (Å²) in [4.78, 5) is 16.6. The second kappa shape index (κ2) is 8.19. The van der Waals surface area contributed by atoms with Gasteiger partial charge in [-0.3, -0.25) is 0 Å². The molecular formula is C24H21NO4. The van der Waals surface area contributed by atoms with Gasteiger partial charge in [0.15, 0.2) is 5.54 Å². The number of hydrogen-bond donors (Lipinski definition) is 1. The molecule has 0 saturated carbocycles. The Balaban J connectivity index is 1.60. The Morgan fingerprint density at radius 2 is 1.55 bits per heavy atom. The maximum atomic E-state index is 12.1. The molecule has 5 nitrogen and oxygen atoms in total. The third-order valence-electron chi connectivity index (χ3n) is 4.86. The second-order valence-corrected chi connectivity index (χ2v) is 6.98. The van der Waals surface area contributed by atoms with Crippen LogP contribution in [0.5, 0.6) is 5.75 Å².